The summed E-state index contributed by atoms with van der Waals surface area (Å²) < 4.78 is 51.5. The molecule has 1 atom stereocenters. The summed E-state index contributed by atoms with van der Waals surface area (Å²) in [6.07, 6.45) is -3.14. The Morgan fingerprint density at radius 2 is 2.15 bits per heavy atom. The van der Waals surface area contributed by atoms with Crippen LogP contribution in [0.4, 0.5) is 18.0 Å². The fourth-order valence-corrected chi connectivity index (χ4v) is 3.12. The van der Waals surface area contributed by atoms with Gasteiger partial charge in [0.25, 0.3) is 0 Å². The van der Waals surface area contributed by atoms with Gasteiger partial charge in [-0.15, -0.1) is 0 Å². The molecule has 1 aliphatic carbocycles. The molecule has 2 amide bonds. The first-order valence-corrected chi connectivity index (χ1v) is 9.00. The number of urea groups is 1. The minimum absolute atomic E-state index is 0.0242. The molecule has 1 unspecified atom stereocenters. The first-order chi connectivity index (χ1) is 12.9. The highest BCUT2D eigenvalue weighted by Crippen LogP contribution is 2.48. The van der Waals surface area contributed by atoms with Crippen molar-refractivity contribution in [2.75, 3.05) is 46.4 Å². The topological polar surface area (TPSA) is 92.5 Å². The number of nitrogens with one attached hydrogen (secondary N) is 2. The second-order valence-electron chi connectivity index (χ2n) is 6.96. The second kappa shape index (κ2) is 8.01. The van der Waals surface area contributed by atoms with Crippen molar-refractivity contribution in [2.45, 2.75) is 36.8 Å². The molecule has 2 fully saturated rings. The quantitative estimate of drug-likeness (QED) is 0.651. The van der Waals surface area contributed by atoms with Crippen LogP contribution < -0.4 is 10.6 Å². The molecule has 2 aliphatic rings. The van der Waals surface area contributed by atoms with Crippen molar-refractivity contribution in [1.29, 1.82) is 0 Å². The lowest BCUT2D eigenvalue weighted by Crippen LogP contribution is -2.48. The van der Waals surface area contributed by atoms with E-state index in [2.05, 4.69) is 20.8 Å². The van der Waals surface area contributed by atoms with Gasteiger partial charge in [-0.25, -0.2) is 4.79 Å². The maximum absolute atomic E-state index is 13.9. The van der Waals surface area contributed by atoms with Crippen molar-refractivity contribution in [3.05, 3.63) is 11.7 Å². The van der Waals surface area contributed by atoms with Gasteiger partial charge in [0.2, 0.25) is 5.89 Å². The number of nitrogens with zero attached hydrogens (tertiary/aromatic N) is 3. The van der Waals surface area contributed by atoms with Crippen molar-refractivity contribution in [3.63, 3.8) is 0 Å². The Hall–Kier alpha value is -1.88. The van der Waals surface area contributed by atoms with Crippen LogP contribution in [0.2, 0.25) is 0 Å². The Kier molecular flexibility index (Phi) is 5.89. The van der Waals surface area contributed by atoms with Crippen LogP contribution in [0, 0.1) is 0 Å². The van der Waals surface area contributed by atoms with E-state index in [9.17, 15) is 18.0 Å². The van der Waals surface area contributed by atoms with Gasteiger partial charge in [-0.1, -0.05) is 5.16 Å². The third-order valence-corrected chi connectivity index (χ3v) is 4.95. The number of carbonyl (C=O) groups is 1. The van der Waals surface area contributed by atoms with E-state index in [-0.39, 0.29) is 18.9 Å². The van der Waals surface area contributed by atoms with Crippen molar-refractivity contribution < 1.29 is 27.2 Å². The van der Waals surface area contributed by atoms with Crippen molar-refractivity contribution in [3.8, 4) is 0 Å². The number of hydrogen-bond donors (Lipinski definition) is 2. The van der Waals surface area contributed by atoms with Gasteiger partial charge in [-0.2, -0.15) is 18.2 Å². The molecule has 1 saturated heterocycles. The van der Waals surface area contributed by atoms with Gasteiger partial charge in [-0.3, -0.25) is 0 Å². The van der Waals surface area contributed by atoms with E-state index >= 15 is 0 Å². The zero-order chi connectivity index (χ0) is 19.5. The number of amides is 2. The minimum Gasteiger partial charge on any atom is -0.383 e. The second-order valence-corrected chi connectivity index (χ2v) is 6.96. The van der Waals surface area contributed by atoms with E-state index in [1.165, 1.54) is 0 Å². The summed E-state index contributed by atoms with van der Waals surface area (Å²) in [6, 6.07) is -0.531. The molecule has 11 heteroatoms. The van der Waals surface area contributed by atoms with Crippen LogP contribution in [-0.2, 0) is 10.2 Å². The molecular weight excluding hydrogens is 367 g/mol. The number of likely N-dealkylation sites (tertiary alicyclic amines) is 1. The third-order valence-electron chi connectivity index (χ3n) is 4.95. The molecule has 2 heterocycles. The third kappa shape index (κ3) is 4.34. The lowest BCUT2D eigenvalue weighted by Gasteiger charge is -2.28. The summed E-state index contributed by atoms with van der Waals surface area (Å²) >= 11 is 0. The fourth-order valence-electron chi connectivity index (χ4n) is 3.12. The van der Waals surface area contributed by atoms with E-state index in [4.69, 9.17) is 9.26 Å². The average Bonchev–Trinajstić information content (AvgIpc) is 3.17. The van der Waals surface area contributed by atoms with Gasteiger partial charge in [0.15, 0.2) is 11.2 Å². The molecule has 1 aromatic heterocycles. The Morgan fingerprint density at radius 3 is 2.81 bits per heavy atom. The van der Waals surface area contributed by atoms with E-state index in [1.54, 1.807) is 7.11 Å². The minimum atomic E-state index is -4.59. The summed E-state index contributed by atoms with van der Waals surface area (Å²) in [5.41, 5.74) is -2.30. The predicted octanol–water partition coefficient (Wildman–Crippen LogP) is 1.40. The molecule has 0 bridgehead atoms. The Morgan fingerprint density at radius 1 is 1.37 bits per heavy atom. The number of rotatable bonds is 8. The van der Waals surface area contributed by atoms with Crippen molar-refractivity contribution in [1.82, 2.24) is 25.7 Å². The van der Waals surface area contributed by atoms with E-state index < -0.39 is 30.1 Å². The fraction of sp³-hybridized carbons (Fsp3) is 0.812. The smallest absolute Gasteiger partial charge is 0.383 e. The molecule has 0 radical (unpaired) electrons. The van der Waals surface area contributed by atoms with Crippen molar-refractivity contribution in [2.24, 2.45) is 0 Å². The molecule has 2 N–H and O–H groups in total. The van der Waals surface area contributed by atoms with Crippen LogP contribution in [-0.4, -0.2) is 73.7 Å². The Bertz CT molecular complexity index is 649. The number of alkyl halides is 3. The maximum atomic E-state index is 13.9. The van der Waals surface area contributed by atoms with Gasteiger partial charge >= 0.3 is 12.2 Å². The number of aromatic nitrogens is 2. The standard InChI is InChI=1S/C16H24F3N5O3/c1-26-9-7-20-5-6-21-14(25)24-8-4-15(10-24,16(17,18)19)13-22-12(23-27-13)11-2-3-11/h11,20H,2-10H2,1H3,(H,21,25). The number of ether oxygens (including phenoxy) is 1. The van der Waals surface area contributed by atoms with Gasteiger partial charge < -0.3 is 24.8 Å². The molecule has 1 aliphatic heterocycles. The summed E-state index contributed by atoms with van der Waals surface area (Å²) in [4.78, 5) is 17.4. The summed E-state index contributed by atoms with van der Waals surface area (Å²) in [5, 5.41) is 9.38. The van der Waals surface area contributed by atoms with Crippen molar-refractivity contribution >= 4 is 6.03 Å². The highest BCUT2D eigenvalue weighted by Gasteiger charge is 2.63. The summed E-state index contributed by atoms with van der Waals surface area (Å²) in [5.74, 6) is -0.00807. The first-order valence-electron chi connectivity index (χ1n) is 9.00. The lowest BCUT2D eigenvalue weighted by atomic mass is 9.86. The predicted molar refractivity (Wildman–Crippen MR) is 88.3 cm³/mol. The van der Waals surface area contributed by atoms with Gasteiger partial charge in [0.05, 0.1) is 6.61 Å². The molecule has 1 saturated carbocycles. The van der Waals surface area contributed by atoms with Crippen LogP contribution in [0.5, 0.6) is 0 Å². The number of halogens is 3. The monoisotopic (exact) mass is 391 g/mol. The Labute approximate surface area is 154 Å². The summed E-state index contributed by atoms with van der Waals surface area (Å²) in [6.45, 7) is 1.44. The normalized spacial score (nSPS) is 23.0. The molecule has 0 spiro atoms. The molecule has 8 nitrogen and oxygen atoms in total. The summed E-state index contributed by atoms with van der Waals surface area (Å²) in [7, 11) is 1.58. The number of hydrogen-bond acceptors (Lipinski definition) is 6. The molecule has 0 aromatic carbocycles. The highest BCUT2D eigenvalue weighted by atomic mass is 19.4. The van der Waals surface area contributed by atoms with Gasteiger partial charge in [0.1, 0.15) is 0 Å². The van der Waals surface area contributed by atoms with Crippen LogP contribution >= 0.6 is 0 Å². The largest absolute Gasteiger partial charge is 0.405 e. The number of methoxy groups -OCH3 is 1. The van der Waals surface area contributed by atoms with E-state index in [0.717, 1.165) is 17.7 Å². The van der Waals surface area contributed by atoms with Crippen LogP contribution in [0.25, 0.3) is 0 Å². The zero-order valence-corrected chi connectivity index (χ0v) is 15.1. The molecule has 3 rings (SSSR count). The maximum Gasteiger partial charge on any atom is 0.405 e. The average molecular weight is 391 g/mol. The van der Waals surface area contributed by atoms with Crippen LogP contribution in [0.1, 0.15) is 36.9 Å². The van der Waals surface area contributed by atoms with Gasteiger partial charge in [0, 0.05) is 45.8 Å². The first kappa shape index (κ1) is 19.9. The number of carbonyl (C=O) groups excluding carboxylic acids is 1. The van der Waals surface area contributed by atoms with E-state index in [0.29, 0.717) is 32.1 Å². The molecule has 1 aromatic rings. The lowest BCUT2D eigenvalue weighted by molar-refractivity contribution is -0.193. The highest BCUT2D eigenvalue weighted by molar-refractivity contribution is 5.74. The molecular formula is C16H24F3N5O3. The Balaban J connectivity index is 1.59. The molecule has 152 valence electrons. The van der Waals surface area contributed by atoms with Crippen LogP contribution in [0.15, 0.2) is 4.52 Å². The zero-order valence-electron chi connectivity index (χ0n) is 15.1. The van der Waals surface area contributed by atoms with Gasteiger partial charge in [-0.05, 0) is 19.3 Å². The van der Waals surface area contributed by atoms with E-state index in [1.807, 2.05) is 0 Å². The SMILES string of the molecule is COCCNCCNC(=O)N1CCC(c2nc(C3CC3)no2)(C(F)(F)F)C1. The van der Waals surface area contributed by atoms with Crippen LogP contribution in [0.3, 0.4) is 0 Å². The molecule has 27 heavy (non-hydrogen) atoms.